The monoisotopic (exact) mass is 345 g/mol. The van der Waals surface area contributed by atoms with Gasteiger partial charge in [-0.25, -0.2) is 0 Å². The molecule has 4 nitrogen and oxygen atoms in total. The number of halogens is 1. The molecule has 2 aromatic rings. The number of amides is 1. The zero-order chi connectivity index (χ0) is 14.8. The standard InChI is InChI=1S/C16H16BrN3O/c17-14-8-12(3-6-15(14)18)16(21)20(13-4-5-13)10-11-2-1-7-19-9-11/h1-3,6-9,13H,4-5,10,18H2. The fourth-order valence-electron chi connectivity index (χ4n) is 2.27. The number of nitrogens with zero attached hydrogens (tertiary/aromatic N) is 2. The van der Waals surface area contributed by atoms with Crippen molar-refractivity contribution in [3.63, 3.8) is 0 Å². The topological polar surface area (TPSA) is 59.2 Å². The summed E-state index contributed by atoms with van der Waals surface area (Å²) in [5, 5.41) is 0. The normalized spacial score (nSPS) is 14.0. The molecule has 0 radical (unpaired) electrons. The Labute approximate surface area is 132 Å². The van der Waals surface area contributed by atoms with E-state index in [-0.39, 0.29) is 5.91 Å². The molecule has 1 amide bonds. The molecule has 1 aliphatic carbocycles. The Bertz CT molecular complexity index is 656. The van der Waals surface area contributed by atoms with Gasteiger partial charge in [-0.1, -0.05) is 6.07 Å². The van der Waals surface area contributed by atoms with E-state index in [1.165, 1.54) is 0 Å². The fourth-order valence-corrected chi connectivity index (χ4v) is 2.65. The molecule has 0 aliphatic heterocycles. The van der Waals surface area contributed by atoms with Gasteiger partial charge in [-0.3, -0.25) is 9.78 Å². The van der Waals surface area contributed by atoms with Crippen molar-refractivity contribution in [2.45, 2.75) is 25.4 Å². The quantitative estimate of drug-likeness (QED) is 0.865. The predicted molar refractivity (Wildman–Crippen MR) is 85.7 cm³/mol. The lowest BCUT2D eigenvalue weighted by Gasteiger charge is -2.22. The summed E-state index contributed by atoms with van der Waals surface area (Å²) in [5.74, 6) is 0.0436. The Morgan fingerprint density at radius 2 is 2.19 bits per heavy atom. The number of nitrogen functional groups attached to an aromatic ring is 1. The molecule has 0 saturated heterocycles. The van der Waals surface area contributed by atoms with Crippen molar-refractivity contribution in [2.75, 3.05) is 5.73 Å². The summed E-state index contributed by atoms with van der Waals surface area (Å²) in [4.78, 5) is 18.8. The van der Waals surface area contributed by atoms with Crippen molar-refractivity contribution in [3.05, 3.63) is 58.3 Å². The number of carbonyl (C=O) groups is 1. The lowest BCUT2D eigenvalue weighted by atomic mass is 10.1. The van der Waals surface area contributed by atoms with E-state index in [1.807, 2.05) is 23.2 Å². The second-order valence-corrected chi connectivity index (χ2v) is 6.12. The van der Waals surface area contributed by atoms with E-state index in [4.69, 9.17) is 5.73 Å². The highest BCUT2D eigenvalue weighted by molar-refractivity contribution is 9.10. The largest absolute Gasteiger partial charge is 0.398 e. The van der Waals surface area contributed by atoms with Crippen LogP contribution in [0.15, 0.2) is 47.2 Å². The third-order valence-electron chi connectivity index (χ3n) is 3.57. The van der Waals surface area contributed by atoms with Crippen molar-refractivity contribution in [2.24, 2.45) is 0 Å². The minimum absolute atomic E-state index is 0.0436. The first-order valence-corrected chi connectivity index (χ1v) is 7.69. The Balaban J connectivity index is 1.83. The van der Waals surface area contributed by atoms with Crippen LogP contribution in [0.25, 0.3) is 0 Å². The van der Waals surface area contributed by atoms with Crippen LogP contribution in [0, 0.1) is 0 Å². The molecule has 2 N–H and O–H groups in total. The van der Waals surface area contributed by atoms with Crippen molar-refractivity contribution in [1.29, 1.82) is 0 Å². The van der Waals surface area contributed by atoms with Gasteiger partial charge in [0.2, 0.25) is 0 Å². The Kier molecular flexibility index (Phi) is 3.92. The number of anilines is 1. The molecule has 1 aromatic carbocycles. The molecule has 1 heterocycles. The van der Waals surface area contributed by atoms with Crippen molar-refractivity contribution >= 4 is 27.5 Å². The first-order valence-electron chi connectivity index (χ1n) is 6.90. The van der Waals surface area contributed by atoms with Crippen LogP contribution in [-0.2, 0) is 6.54 Å². The number of carbonyl (C=O) groups excluding carboxylic acids is 1. The zero-order valence-electron chi connectivity index (χ0n) is 11.5. The second kappa shape index (κ2) is 5.85. The Hall–Kier alpha value is -1.88. The molecular weight excluding hydrogens is 330 g/mol. The summed E-state index contributed by atoms with van der Waals surface area (Å²) < 4.78 is 0.755. The average molecular weight is 346 g/mol. The number of rotatable bonds is 4. The van der Waals surface area contributed by atoms with Gasteiger partial charge in [0.1, 0.15) is 0 Å². The van der Waals surface area contributed by atoms with Gasteiger partial charge in [0, 0.05) is 40.7 Å². The van der Waals surface area contributed by atoms with E-state index in [1.54, 1.807) is 24.4 Å². The summed E-state index contributed by atoms with van der Waals surface area (Å²) >= 11 is 3.38. The molecule has 21 heavy (non-hydrogen) atoms. The average Bonchev–Trinajstić information content (AvgIpc) is 3.33. The molecule has 0 unspecified atom stereocenters. The summed E-state index contributed by atoms with van der Waals surface area (Å²) in [6, 6.07) is 9.55. The highest BCUT2D eigenvalue weighted by atomic mass is 79.9. The minimum Gasteiger partial charge on any atom is -0.398 e. The molecule has 1 aromatic heterocycles. The maximum atomic E-state index is 12.7. The smallest absolute Gasteiger partial charge is 0.254 e. The summed E-state index contributed by atoms with van der Waals surface area (Å²) in [7, 11) is 0. The van der Waals surface area contributed by atoms with Crippen LogP contribution >= 0.6 is 15.9 Å². The third kappa shape index (κ3) is 3.24. The molecule has 1 saturated carbocycles. The van der Waals surface area contributed by atoms with Crippen molar-refractivity contribution < 1.29 is 4.79 Å². The van der Waals surface area contributed by atoms with Crippen molar-refractivity contribution in [3.8, 4) is 0 Å². The molecule has 1 fully saturated rings. The minimum atomic E-state index is 0.0436. The van der Waals surface area contributed by atoms with Gasteiger partial charge < -0.3 is 10.6 Å². The molecule has 0 spiro atoms. The molecule has 5 heteroatoms. The van der Waals surface area contributed by atoms with Gasteiger partial charge in [-0.05, 0) is 58.6 Å². The zero-order valence-corrected chi connectivity index (χ0v) is 13.1. The highest BCUT2D eigenvalue weighted by Crippen LogP contribution is 2.30. The number of benzene rings is 1. The SMILES string of the molecule is Nc1ccc(C(=O)N(Cc2cccnc2)C2CC2)cc1Br. The van der Waals surface area contributed by atoms with E-state index in [9.17, 15) is 4.79 Å². The summed E-state index contributed by atoms with van der Waals surface area (Å²) in [5.41, 5.74) is 8.12. The van der Waals surface area contributed by atoms with Crippen LogP contribution in [0.1, 0.15) is 28.8 Å². The predicted octanol–water partition coefficient (Wildman–Crippen LogP) is 3.23. The molecule has 3 rings (SSSR count). The molecular formula is C16H16BrN3O. The van der Waals surface area contributed by atoms with Gasteiger partial charge in [0.25, 0.3) is 5.91 Å². The van der Waals surface area contributed by atoms with Gasteiger partial charge in [-0.2, -0.15) is 0 Å². The summed E-state index contributed by atoms with van der Waals surface area (Å²) in [6.07, 6.45) is 5.69. The maximum Gasteiger partial charge on any atom is 0.254 e. The molecule has 1 aliphatic rings. The van der Waals surface area contributed by atoms with Crippen LogP contribution in [0.2, 0.25) is 0 Å². The van der Waals surface area contributed by atoms with Gasteiger partial charge >= 0.3 is 0 Å². The third-order valence-corrected chi connectivity index (χ3v) is 4.26. The van der Waals surface area contributed by atoms with Crippen LogP contribution in [0.3, 0.4) is 0 Å². The van der Waals surface area contributed by atoms with E-state index in [0.29, 0.717) is 23.8 Å². The van der Waals surface area contributed by atoms with E-state index in [2.05, 4.69) is 20.9 Å². The number of aromatic nitrogens is 1. The second-order valence-electron chi connectivity index (χ2n) is 5.26. The fraction of sp³-hybridized carbons (Fsp3) is 0.250. The lowest BCUT2D eigenvalue weighted by molar-refractivity contribution is 0.0729. The lowest BCUT2D eigenvalue weighted by Crippen LogP contribution is -2.32. The van der Waals surface area contributed by atoms with Crippen LogP contribution in [0.4, 0.5) is 5.69 Å². The Morgan fingerprint density at radius 1 is 1.38 bits per heavy atom. The number of hydrogen-bond acceptors (Lipinski definition) is 3. The van der Waals surface area contributed by atoms with Crippen molar-refractivity contribution in [1.82, 2.24) is 9.88 Å². The van der Waals surface area contributed by atoms with Gasteiger partial charge in [-0.15, -0.1) is 0 Å². The van der Waals surface area contributed by atoms with Crippen LogP contribution in [0.5, 0.6) is 0 Å². The van der Waals surface area contributed by atoms with E-state index >= 15 is 0 Å². The Morgan fingerprint density at radius 3 is 2.81 bits per heavy atom. The maximum absolute atomic E-state index is 12.7. The number of pyridine rings is 1. The molecule has 0 atom stereocenters. The van der Waals surface area contributed by atoms with E-state index < -0.39 is 0 Å². The number of nitrogens with two attached hydrogens (primary N) is 1. The molecule has 0 bridgehead atoms. The van der Waals surface area contributed by atoms with Crippen LogP contribution in [-0.4, -0.2) is 21.8 Å². The van der Waals surface area contributed by atoms with Crippen LogP contribution < -0.4 is 5.73 Å². The van der Waals surface area contributed by atoms with E-state index in [0.717, 1.165) is 22.9 Å². The van der Waals surface area contributed by atoms with Gasteiger partial charge in [0.15, 0.2) is 0 Å². The first-order chi connectivity index (χ1) is 10.1. The highest BCUT2D eigenvalue weighted by Gasteiger charge is 2.33. The van der Waals surface area contributed by atoms with Gasteiger partial charge in [0.05, 0.1) is 0 Å². The summed E-state index contributed by atoms with van der Waals surface area (Å²) in [6.45, 7) is 0.597. The first kappa shape index (κ1) is 14.1. The molecule has 108 valence electrons. The number of hydrogen-bond donors (Lipinski definition) is 1.